The first kappa shape index (κ1) is 16.4. The molecule has 2 rings (SSSR count). The van der Waals surface area contributed by atoms with Gasteiger partial charge in [0.2, 0.25) is 0 Å². The number of benzene rings is 1. The summed E-state index contributed by atoms with van der Waals surface area (Å²) in [6.07, 6.45) is 1.12. The third-order valence-electron chi connectivity index (χ3n) is 4.49. The van der Waals surface area contributed by atoms with Gasteiger partial charge in [-0.3, -0.25) is 4.90 Å². The first-order chi connectivity index (χ1) is 10.2. The second-order valence-electron chi connectivity index (χ2n) is 6.28. The van der Waals surface area contributed by atoms with E-state index in [9.17, 15) is 5.11 Å². The van der Waals surface area contributed by atoms with Gasteiger partial charge in [0.05, 0.1) is 13.2 Å². The van der Waals surface area contributed by atoms with Crippen molar-refractivity contribution in [3.63, 3.8) is 0 Å². The molecule has 1 fully saturated rings. The zero-order chi connectivity index (χ0) is 15.1. The van der Waals surface area contributed by atoms with Crippen molar-refractivity contribution in [2.75, 3.05) is 52.5 Å². The maximum Gasteiger partial charge on any atom is 0.0558 e. The molecule has 21 heavy (non-hydrogen) atoms. The molecule has 1 aromatic carbocycles. The van der Waals surface area contributed by atoms with Crippen molar-refractivity contribution in [3.05, 3.63) is 35.9 Å². The van der Waals surface area contributed by atoms with Gasteiger partial charge in [-0.1, -0.05) is 37.3 Å². The third kappa shape index (κ3) is 4.51. The largest absolute Gasteiger partial charge is 0.395 e. The number of rotatable bonds is 6. The Hall–Kier alpha value is -0.940. The quantitative estimate of drug-likeness (QED) is 0.819. The minimum absolute atomic E-state index is 0.161. The molecule has 4 heteroatoms. The Bertz CT molecular complexity index is 413. The maximum absolute atomic E-state index is 9.91. The number of hydrogen-bond donors (Lipinski definition) is 2. The first-order valence-corrected chi connectivity index (χ1v) is 7.90. The first-order valence-electron chi connectivity index (χ1n) is 7.90. The van der Waals surface area contributed by atoms with Crippen LogP contribution in [-0.2, 0) is 5.41 Å². The smallest absolute Gasteiger partial charge is 0.0558 e. The van der Waals surface area contributed by atoms with E-state index >= 15 is 0 Å². The van der Waals surface area contributed by atoms with Gasteiger partial charge < -0.3 is 15.1 Å². The molecule has 1 heterocycles. The molecule has 118 valence electrons. The van der Waals surface area contributed by atoms with Crippen molar-refractivity contribution in [3.8, 4) is 0 Å². The fraction of sp³-hybridized carbons (Fsp3) is 0.647. The molecule has 0 amide bonds. The van der Waals surface area contributed by atoms with Gasteiger partial charge in [0.15, 0.2) is 0 Å². The Kier molecular flexibility index (Phi) is 6.18. The predicted octanol–water partition coefficient (Wildman–Crippen LogP) is 0.937. The molecular weight excluding hydrogens is 264 g/mol. The monoisotopic (exact) mass is 292 g/mol. The number of β-amino-alcohol motifs (C(OH)–C–C–N with tert-alkyl or cyclic N) is 1. The Morgan fingerprint density at radius 3 is 2.33 bits per heavy atom. The van der Waals surface area contributed by atoms with Crippen molar-refractivity contribution in [1.82, 2.24) is 9.80 Å². The van der Waals surface area contributed by atoms with Crippen LogP contribution in [0.15, 0.2) is 30.3 Å². The molecule has 1 unspecified atom stereocenters. The standard InChI is InChI=1S/C17H28N2O2/c1-17(15-21,16-6-3-2-4-7-16)14-19-9-5-8-18(10-11-19)12-13-20/h2-4,6-7,20-21H,5,8-15H2,1H3. The van der Waals surface area contributed by atoms with Crippen molar-refractivity contribution >= 4 is 0 Å². The highest BCUT2D eigenvalue weighted by atomic mass is 16.3. The minimum Gasteiger partial charge on any atom is -0.395 e. The highest BCUT2D eigenvalue weighted by molar-refractivity contribution is 5.25. The summed E-state index contributed by atoms with van der Waals surface area (Å²) in [5.74, 6) is 0. The van der Waals surface area contributed by atoms with Crippen LogP contribution in [0.5, 0.6) is 0 Å². The van der Waals surface area contributed by atoms with Gasteiger partial charge in [-0.2, -0.15) is 0 Å². The lowest BCUT2D eigenvalue weighted by molar-refractivity contribution is 0.143. The van der Waals surface area contributed by atoms with Crippen LogP contribution >= 0.6 is 0 Å². The number of aliphatic hydroxyl groups is 2. The van der Waals surface area contributed by atoms with Crippen LogP contribution in [0.2, 0.25) is 0 Å². The van der Waals surface area contributed by atoms with E-state index in [1.807, 2.05) is 18.2 Å². The van der Waals surface area contributed by atoms with E-state index in [-0.39, 0.29) is 18.6 Å². The Morgan fingerprint density at radius 2 is 1.67 bits per heavy atom. The van der Waals surface area contributed by atoms with Gasteiger partial charge in [-0.05, 0) is 25.1 Å². The van der Waals surface area contributed by atoms with Crippen molar-refractivity contribution in [2.24, 2.45) is 0 Å². The molecule has 4 nitrogen and oxygen atoms in total. The summed E-state index contributed by atoms with van der Waals surface area (Å²) in [6, 6.07) is 10.3. The molecule has 0 saturated carbocycles. The van der Waals surface area contributed by atoms with Crippen molar-refractivity contribution in [2.45, 2.75) is 18.8 Å². The second-order valence-corrected chi connectivity index (χ2v) is 6.28. The van der Waals surface area contributed by atoms with Crippen LogP contribution in [0, 0.1) is 0 Å². The molecule has 1 aliphatic heterocycles. The summed E-state index contributed by atoms with van der Waals surface area (Å²) in [5, 5.41) is 19.0. The SMILES string of the molecule is CC(CO)(CN1CCCN(CCO)CC1)c1ccccc1. The third-order valence-corrected chi connectivity index (χ3v) is 4.49. The van der Waals surface area contributed by atoms with Gasteiger partial charge in [0.1, 0.15) is 0 Å². The van der Waals surface area contributed by atoms with E-state index in [4.69, 9.17) is 5.11 Å². The number of nitrogens with zero attached hydrogens (tertiary/aromatic N) is 2. The van der Waals surface area contributed by atoms with Gasteiger partial charge in [0, 0.05) is 31.6 Å². The summed E-state index contributed by atoms with van der Waals surface area (Å²) in [4.78, 5) is 4.76. The molecule has 0 spiro atoms. The summed E-state index contributed by atoms with van der Waals surface area (Å²) in [7, 11) is 0. The summed E-state index contributed by atoms with van der Waals surface area (Å²) in [6.45, 7) is 8.29. The Balaban J connectivity index is 1.98. The lowest BCUT2D eigenvalue weighted by Crippen LogP contribution is -2.43. The van der Waals surface area contributed by atoms with Gasteiger partial charge in [0.25, 0.3) is 0 Å². The van der Waals surface area contributed by atoms with Crippen LogP contribution in [-0.4, -0.2) is 72.5 Å². The summed E-state index contributed by atoms with van der Waals surface area (Å²) in [5.41, 5.74) is 0.983. The average molecular weight is 292 g/mol. The molecule has 1 atom stereocenters. The number of aliphatic hydroxyl groups excluding tert-OH is 2. The Labute approximate surface area is 128 Å². The van der Waals surface area contributed by atoms with Gasteiger partial charge >= 0.3 is 0 Å². The van der Waals surface area contributed by atoms with E-state index in [1.165, 1.54) is 5.56 Å². The lowest BCUT2D eigenvalue weighted by atomic mass is 9.82. The zero-order valence-electron chi connectivity index (χ0n) is 13.0. The molecular formula is C17H28N2O2. The molecule has 0 bridgehead atoms. The molecule has 0 aliphatic carbocycles. The molecule has 2 N–H and O–H groups in total. The van der Waals surface area contributed by atoms with E-state index in [0.717, 1.165) is 45.7 Å². The molecule has 1 aliphatic rings. The van der Waals surface area contributed by atoms with E-state index in [1.54, 1.807) is 0 Å². The predicted molar refractivity (Wildman–Crippen MR) is 85.5 cm³/mol. The second kappa shape index (κ2) is 7.90. The Morgan fingerprint density at radius 1 is 1.00 bits per heavy atom. The number of hydrogen-bond acceptors (Lipinski definition) is 4. The van der Waals surface area contributed by atoms with Gasteiger partial charge in [-0.15, -0.1) is 0 Å². The fourth-order valence-electron chi connectivity index (χ4n) is 3.11. The van der Waals surface area contributed by atoms with E-state index < -0.39 is 0 Å². The molecule has 1 aromatic rings. The normalized spacial score (nSPS) is 20.9. The summed E-state index contributed by atoms with van der Waals surface area (Å²) >= 11 is 0. The highest BCUT2D eigenvalue weighted by Gasteiger charge is 2.29. The highest BCUT2D eigenvalue weighted by Crippen LogP contribution is 2.25. The molecule has 0 radical (unpaired) electrons. The average Bonchev–Trinajstić information content (AvgIpc) is 2.74. The topological polar surface area (TPSA) is 46.9 Å². The van der Waals surface area contributed by atoms with Gasteiger partial charge in [-0.25, -0.2) is 0 Å². The fourth-order valence-corrected chi connectivity index (χ4v) is 3.11. The van der Waals surface area contributed by atoms with Crippen LogP contribution in [0.3, 0.4) is 0 Å². The van der Waals surface area contributed by atoms with E-state index in [0.29, 0.717) is 0 Å². The van der Waals surface area contributed by atoms with Crippen LogP contribution in [0.25, 0.3) is 0 Å². The molecule has 0 aromatic heterocycles. The van der Waals surface area contributed by atoms with Crippen LogP contribution in [0.4, 0.5) is 0 Å². The van der Waals surface area contributed by atoms with Crippen molar-refractivity contribution < 1.29 is 10.2 Å². The van der Waals surface area contributed by atoms with Crippen LogP contribution < -0.4 is 0 Å². The zero-order valence-corrected chi connectivity index (χ0v) is 13.0. The van der Waals surface area contributed by atoms with E-state index in [2.05, 4.69) is 28.9 Å². The minimum atomic E-state index is -0.215. The van der Waals surface area contributed by atoms with Crippen molar-refractivity contribution in [1.29, 1.82) is 0 Å². The van der Waals surface area contributed by atoms with Crippen LogP contribution in [0.1, 0.15) is 18.9 Å². The summed E-state index contributed by atoms with van der Waals surface area (Å²) < 4.78 is 0. The maximum atomic E-state index is 9.91. The molecule has 1 saturated heterocycles. The lowest BCUT2D eigenvalue weighted by Gasteiger charge is -2.34.